The molecule has 0 aliphatic heterocycles. The van der Waals surface area contributed by atoms with Gasteiger partial charge in [0.15, 0.2) is 9.84 Å². The zero-order chi connectivity index (χ0) is 57.7. The number of hydrogen-bond acceptors (Lipinski definition) is 16. The minimum absolute atomic E-state index is 0.0147. The van der Waals surface area contributed by atoms with Crippen LogP contribution in [-0.2, 0) is 103 Å². The molecule has 27 heteroatoms. The molecule has 0 radical (unpaired) electrons. The average molecular weight is 1310 g/mol. The first kappa shape index (κ1) is 59.6. The van der Waals surface area contributed by atoms with Gasteiger partial charge in [-0.3, -0.25) is 0 Å². The summed E-state index contributed by atoms with van der Waals surface area (Å²) in [5.74, 6) is -0.961. The maximum absolute atomic E-state index is 14.2. The van der Waals surface area contributed by atoms with Crippen LogP contribution in [-0.4, -0.2) is 73.6 Å². The zero-order valence-corrected chi connectivity index (χ0v) is 49.7. The van der Waals surface area contributed by atoms with E-state index in [0.717, 1.165) is 157 Å². The third-order valence-corrected chi connectivity index (χ3v) is 28.4. The van der Waals surface area contributed by atoms with Crippen molar-refractivity contribution in [3.05, 3.63) is 199 Å². The summed E-state index contributed by atoms with van der Waals surface area (Å²) in [4.78, 5) is -3.69. The molecule has 0 unspecified atom stereocenters. The van der Waals surface area contributed by atoms with Crippen LogP contribution in [0.4, 0.5) is 0 Å². The van der Waals surface area contributed by atoms with Gasteiger partial charge >= 0.3 is 295 Å². The molecule has 0 spiro atoms. The number of alkyl halides is 2. The van der Waals surface area contributed by atoms with E-state index in [1.54, 1.807) is 19.1 Å². The van der Waals surface area contributed by atoms with Gasteiger partial charge in [0, 0.05) is 6.26 Å². The summed E-state index contributed by atoms with van der Waals surface area (Å²) in [5, 5.41) is 0. The Labute approximate surface area is 473 Å². The van der Waals surface area contributed by atoms with Crippen molar-refractivity contribution in [2.24, 2.45) is 0 Å². The summed E-state index contributed by atoms with van der Waals surface area (Å²) in [6, 6.07) is 34.7. The summed E-state index contributed by atoms with van der Waals surface area (Å²) >= 11 is 12.1. The number of rotatable bonds is 18. The first-order valence-electron chi connectivity index (χ1n) is 22.4. The zero-order valence-electron chi connectivity index (χ0n) is 40.6. The minimum Gasteiger partial charge on any atom is -0.0580 e. The topological polar surface area (TPSA) is 273 Å². The summed E-state index contributed by atoms with van der Waals surface area (Å²) in [6.45, 7) is 1.80. The van der Waals surface area contributed by atoms with E-state index in [4.69, 9.17) is 23.2 Å². The summed E-state index contributed by atoms with van der Waals surface area (Å²) in [6.07, 6.45) is 0.968. The molecule has 8 aromatic carbocycles. The van der Waals surface area contributed by atoms with E-state index in [1.165, 1.54) is 24.3 Å². The van der Waals surface area contributed by atoms with Crippen LogP contribution in [0.15, 0.2) is 251 Å². The fourth-order valence-electron chi connectivity index (χ4n) is 7.73. The maximum atomic E-state index is 14.2. The van der Waals surface area contributed by atoms with Crippen LogP contribution in [0, 0.1) is 6.92 Å². The molecule has 79 heavy (non-hydrogen) atoms. The van der Waals surface area contributed by atoms with E-state index in [1.807, 2.05) is 0 Å². The second-order valence-electron chi connectivity index (χ2n) is 17.2. The first-order chi connectivity index (χ1) is 36.8. The second kappa shape index (κ2) is 22.1. The molecule has 0 aliphatic rings. The first-order valence-corrected chi connectivity index (χ1v) is 37.4. The molecule has 0 amide bonds. The Bertz CT molecular complexity index is 4660. The van der Waals surface area contributed by atoms with Crippen LogP contribution in [0.5, 0.6) is 0 Å². The Kier molecular flexibility index (Phi) is 16.6. The molecule has 0 heterocycles. The Morgan fingerprint density at radius 2 is 0.544 bits per heavy atom. The van der Waals surface area contributed by atoms with Crippen molar-refractivity contribution >= 4 is 105 Å². The molecular formula is C52H40Cl2CoO16S8. The van der Waals surface area contributed by atoms with E-state index in [-0.39, 0.29) is 88.0 Å². The monoisotopic (exact) mass is 1300 g/mol. The van der Waals surface area contributed by atoms with Crippen LogP contribution in [0.25, 0.3) is 0 Å². The third-order valence-electron chi connectivity index (χ3n) is 12.0. The number of halogens is 2. The van der Waals surface area contributed by atoms with Gasteiger partial charge in [0.1, 0.15) is 0 Å². The normalized spacial score (nSPS) is 13.1. The summed E-state index contributed by atoms with van der Waals surface area (Å²) in [7, 11) is -33.5. The smallest absolute Gasteiger partial charge is 0.0418 e. The molecule has 8 rings (SSSR count). The van der Waals surface area contributed by atoms with Crippen LogP contribution in [0.3, 0.4) is 0 Å². The molecule has 0 N–H and O–H groups in total. The van der Waals surface area contributed by atoms with Gasteiger partial charge in [0.05, 0.1) is 24.5 Å². The molecule has 16 nitrogen and oxygen atoms in total. The number of benzene rings is 8. The van der Waals surface area contributed by atoms with Crippen molar-refractivity contribution < 1.29 is 80.9 Å². The molecule has 8 aromatic rings. The third kappa shape index (κ3) is 12.0. The van der Waals surface area contributed by atoms with Gasteiger partial charge in [-0.15, -0.1) is 0 Å². The van der Waals surface area contributed by atoms with Crippen molar-refractivity contribution in [1.82, 2.24) is 0 Å². The van der Waals surface area contributed by atoms with Gasteiger partial charge in [0.2, 0.25) is 19.7 Å². The second-order valence-corrected chi connectivity index (χ2v) is 35.7. The molecule has 0 fully saturated rings. The van der Waals surface area contributed by atoms with Crippen LogP contribution in [0.1, 0.15) is 16.7 Å². The standard InChI is InChI=1S/C27H21Cl2O8S4.C25H19O8S4.Co/c1-18-2-5-22(6-3-18)39(32,33)23-7-9-24(10-8-23)40(34,35)25-11-13-27(20(15-25)17-29)41(36,37)26-12-4-21(38(30)31)14-19(26)16-28;1-34(26,27)19-7-9-21(10-8-19)36(30,31)23-15-17-25(18-16-23)37(32,33)24-13-11-22(12-14-24)35(28,29)20-5-3-2-4-6-20;/h2-15H,16-17H2,1H3;3-18H,1H3;. The van der Waals surface area contributed by atoms with Crippen molar-refractivity contribution in [2.45, 2.75) is 87.2 Å². The summed E-state index contributed by atoms with van der Waals surface area (Å²) < 4.78 is 214. The molecule has 0 aromatic heterocycles. The van der Waals surface area contributed by atoms with Crippen molar-refractivity contribution in [3.63, 3.8) is 0 Å². The Morgan fingerprint density at radius 1 is 0.304 bits per heavy atom. The fraction of sp³-hybridized carbons (Fsp3) is 0.0769. The van der Waals surface area contributed by atoms with E-state index < -0.39 is 98.7 Å². The van der Waals surface area contributed by atoms with E-state index in [9.17, 15) is 67.3 Å². The quantitative estimate of drug-likeness (QED) is 0.0737. The van der Waals surface area contributed by atoms with E-state index in [2.05, 4.69) is 0 Å². The van der Waals surface area contributed by atoms with Gasteiger partial charge in [-0.2, -0.15) is 0 Å². The Hall–Kier alpha value is -5.55. The molecule has 0 saturated heterocycles. The molecular weight excluding hydrogens is 1270 g/mol. The predicted molar refractivity (Wildman–Crippen MR) is 288 cm³/mol. The van der Waals surface area contributed by atoms with Gasteiger partial charge in [0.25, 0.3) is 0 Å². The molecule has 0 atom stereocenters. The average Bonchev–Trinajstić information content (AvgIpc) is 3.55. The largest absolute Gasteiger partial charge is 0.0580 e. The predicted octanol–water partition coefficient (Wildman–Crippen LogP) is 7.97. The fourth-order valence-corrected chi connectivity index (χ4v) is 20.2. The van der Waals surface area contributed by atoms with Crippen molar-refractivity contribution in [1.29, 1.82) is 0 Å². The number of aryl methyl sites for hydroxylation is 1. The minimum atomic E-state index is -4.55. The van der Waals surface area contributed by atoms with Crippen LogP contribution < -0.4 is 4.50 Å². The molecule has 0 bridgehead atoms. The molecule has 0 aliphatic carbocycles. The van der Waals surface area contributed by atoms with Gasteiger partial charge in [-0.25, -0.2) is 25.3 Å². The SMILES string of the molecule is Cc1ccc(S(=O)(=O)c2ccc(S(=O)(=O)c3ccc(S(=O)(=O)c4ccc([S](=O)(=O)[Co][c]5ccc(S(=O)(=O)c6ccc(S(=O)(=O)c7ccc(S(=O)(=O)c8ccc(S(C)(=O)=O)cc8)cc7)cc6)cc5)cc4CCl)c(CCl)c3)cc2)cc1. The Balaban J connectivity index is 0.953. The molecule has 415 valence electrons. The summed E-state index contributed by atoms with van der Waals surface area (Å²) in [5.41, 5.74) is 0.594. The van der Waals surface area contributed by atoms with Crippen molar-refractivity contribution in [3.8, 4) is 0 Å². The number of sulfone groups is 7. The van der Waals surface area contributed by atoms with Gasteiger partial charge in [-0.1, -0.05) is 17.7 Å². The van der Waals surface area contributed by atoms with Gasteiger partial charge < -0.3 is 0 Å². The van der Waals surface area contributed by atoms with Crippen molar-refractivity contribution in [2.75, 3.05) is 6.26 Å². The van der Waals surface area contributed by atoms with E-state index in [0.29, 0.717) is 0 Å². The van der Waals surface area contributed by atoms with Crippen LogP contribution in [0.2, 0.25) is 0 Å². The van der Waals surface area contributed by atoms with Gasteiger partial charge in [-0.05, 0) is 79.7 Å². The van der Waals surface area contributed by atoms with Crippen LogP contribution >= 0.6 is 23.2 Å². The number of hydrogen-bond donors (Lipinski definition) is 0. The molecule has 0 saturated carbocycles. The maximum Gasteiger partial charge on any atom is -0.0418 e. The Morgan fingerprint density at radius 3 is 0.848 bits per heavy atom. The van der Waals surface area contributed by atoms with E-state index >= 15 is 0 Å².